The van der Waals surface area contributed by atoms with E-state index in [1.54, 1.807) is 20.0 Å². The third-order valence-corrected chi connectivity index (χ3v) is 4.11. The fourth-order valence-electron chi connectivity index (χ4n) is 2.45. The Morgan fingerprint density at radius 3 is 2.69 bits per heavy atom. The molecule has 1 aromatic rings. The summed E-state index contributed by atoms with van der Waals surface area (Å²) >= 11 is 0. The van der Waals surface area contributed by atoms with Crippen molar-refractivity contribution in [3.8, 4) is 0 Å². The number of halogens is 3. The molecule has 1 saturated carbocycles. The number of nitrogens with one attached hydrogen (secondary N) is 3. The third kappa shape index (κ3) is 6.57. The summed E-state index contributed by atoms with van der Waals surface area (Å²) in [4.78, 5) is 15.7. The van der Waals surface area contributed by atoms with Gasteiger partial charge in [0.2, 0.25) is 5.91 Å². The molecule has 5 nitrogen and oxygen atoms in total. The van der Waals surface area contributed by atoms with Gasteiger partial charge in [-0.15, -0.1) is 0 Å². The molecule has 1 fully saturated rings. The van der Waals surface area contributed by atoms with Crippen LogP contribution < -0.4 is 16.0 Å². The van der Waals surface area contributed by atoms with Gasteiger partial charge in [-0.1, -0.05) is 12.1 Å². The molecule has 1 atom stereocenters. The van der Waals surface area contributed by atoms with E-state index >= 15 is 0 Å². The first kappa shape index (κ1) is 20.1. The van der Waals surface area contributed by atoms with Gasteiger partial charge in [0.1, 0.15) is 0 Å². The molecule has 0 radical (unpaired) electrons. The van der Waals surface area contributed by atoms with Crippen LogP contribution in [-0.2, 0) is 11.0 Å². The van der Waals surface area contributed by atoms with Gasteiger partial charge in [0.05, 0.1) is 11.6 Å². The number of rotatable bonds is 7. The number of hydrogen-bond acceptors (Lipinski definition) is 2. The van der Waals surface area contributed by atoms with Crippen LogP contribution in [0.1, 0.15) is 49.8 Å². The molecule has 0 bridgehead atoms. The van der Waals surface area contributed by atoms with Gasteiger partial charge in [-0.2, -0.15) is 13.2 Å². The highest BCUT2D eigenvalue weighted by atomic mass is 19.4. The minimum absolute atomic E-state index is 0.0505. The molecular weight excluding hydrogens is 345 g/mol. The molecule has 1 aromatic carbocycles. The minimum Gasteiger partial charge on any atom is -0.356 e. The molecule has 8 heteroatoms. The van der Waals surface area contributed by atoms with Crippen molar-refractivity contribution in [2.24, 2.45) is 4.99 Å². The van der Waals surface area contributed by atoms with Gasteiger partial charge in [-0.3, -0.25) is 9.79 Å². The first-order valence-electron chi connectivity index (χ1n) is 8.73. The van der Waals surface area contributed by atoms with E-state index in [4.69, 9.17) is 0 Å². The second-order valence-electron chi connectivity index (χ2n) is 6.43. The Labute approximate surface area is 151 Å². The van der Waals surface area contributed by atoms with Crippen molar-refractivity contribution < 1.29 is 18.0 Å². The molecule has 0 aromatic heterocycles. The number of guanidine groups is 1. The maximum Gasteiger partial charge on any atom is 0.416 e. The highest BCUT2D eigenvalue weighted by Crippen LogP contribution is 2.30. The number of nitrogens with zero attached hydrogens (tertiary/aromatic N) is 1. The SMILES string of the molecule is CN=C(NCCCC(=O)NC1CC1)NC(C)c1cccc(C(F)(F)F)c1. The monoisotopic (exact) mass is 370 g/mol. The molecule has 1 unspecified atom stereocenters. The topological polar surface area (TPSA) is 65.5 Å². The molecular formula is C18H25F3N4O. The molecule has 144 valence electrons. The maximum absolute atomic E-state index is 12.8. The van der Waals surface area contributed by atoms with Crippen LogP contribution in [0.4, 0.5) is 13.2 Å². The number of benzene rings is 1. The number of hydrogen-bond donors (Lipinski definition) is 3. The summed E-state index contributed by atoms with van der Waals surface area (Å²) in [6.07, 6.45) is -1.15. The Morgan fingerprint density at radius 2 is 2.08 bits per heavy atom. The Balaban J connectivity index is 1.78. The lowest BCUT2D eigenvalue weighted by molar-refractivity contribution is -0.137. The molecule has 3 N–H and O–H groups in total. The summed E-state index contributed by atoms with van der Waals surface area (Å²) < 4.78 is 38.5. The Hall–Kier alpha value is -2.25. The van der Waals surface area contributed by atoms with E-state index in [0.717, 1.165) is 25.0 Å². The first-order chi connectivity index (χ1) is 12.3. The van der Waals surface area contributed by atoms with E-state index < -0.39 is 11.7 Å². The molecule has 1 amide bonds. The number of alkyl halides is 3. The lowest BCUT2D eigenvalue weighted by Crippen LogP contribution is -2.39. The van der Waals surface area contributed by atoms with E-state index in [2.05, 4.69) is 20.9 Å². The van der Waals surface area contributed by atoms with Gasteiger partial charge in [-0.05, 0) is 43.9 Å². The van der Waals surface area contributed by atoms with Gasteiger partial charge < -0.3 is 16.0 Å². The molecule has 0 heterocycles. The lowest BCUT2D eigenvalue weighted by atomic mass is 10.1. The molecule has 0 spiro atoms. The van der Waals surface area contributed by atoms with Crippen LogP contribution in [0.2, 0.25) is 0 Å². The second kappa shape index (κ2) is 8.91. The Bertz CT molecular complexity index is 642. The highest BCUT2D eigenvalue weighted by molar-refractivity contribution is 5.80. The molecule has 0 aliphatic heterocycles. The van der Waals surface area contributed by atoms with E-state index in [9.17, 15) is 18.0 Å². The summed E-state index contributed by atoms with van der Waals surface area (Å²) in [5.74, 6) is 0.534. The van der Waals surface area contributed by atoms with Gasteiger partial charge in [-0.25, -0.2) is 0 Å². The van der Waals surface area contributed by atoms with Crippen molar-refractivity contribution in [2.75, 3.05) is 13.6 Å². The summed E-state index contributed by atoms with van der Waals surface area (Å²) in [5.41, 5.74) is -0.153. The lowest BCUT2D eigenvalue weighted by Gasteiger charge is -2.19. The predicted molar refractivity (Wildman–Crippen MR) is 94.8 cm³/mol. The average Bonchev–Trinajstić information content (AvgIpc) is 3.40. The van der Waals surface area contributed by atoms with Crippen LogP contribution in [0.3, 0.4) is 0 Å². The third-order valence-electron chi connectivity index (χ3n) is 4.11. The van der Waals surface area contributed by atoms with Gasteiger partial charge in [0.15, 0.2) is 5.96 Å². The fraction of sp³-hybridized carbons (Fsp3) is 0.556. The summed E-state index contributed by atoms with van der Waals surface area (Å²) in [6.45, 7) is 2.32. The van der Waals surface area contributed by atoms with Crippen LogP contribution in [0.25, 0.3) is 0 Å². The normalized spacial score (nSPS) is 16.1. The van der Waals surface area contributed by atoms with E-state index in [1.165, 1.54) is 6.07 Å². The van der Waals surface area contributed by atoms with Crippen LogP contribution >= 0.6 is 0 Å². The Kier molecular flexibility index (Phi) is 6.88. The average molecular weight is 370 g/mol. The van der Waals surface area contributed by atoms with Crippen LogP contribution in [0.15, 0.2) is 29.3 Å². The molecule has 1 aliphatic carbocycles. The van der Waals surface area contributed by atoms with E-state index in [0.29, 0.717) is 37.0 Å². The zero-order chi connectivity index (χ0) is 19.2. The van der Waals surface area contributed by atoms with Crippen molar-refractivity contribution in [1.29, 1.82) is 0 Å². The number of carbonyl (C=O) groups excluding carboxylic acids is 1. The van der Waals surface area contributed by atoms with Gasteiger partial charge in [0, 0.05) is 26.1 Å². The van der Waals surface area contributed by atoms with Crippen molar-refractivity contribution in [1.82, 2.24) is 16.0 Å². The number of amides is 1. The quantitative estimate of drug-likeness (QED) is 0.393. The Morgan fingerprint density at radius 1 is 1.35 bits per heavy atom. The highest BCUT2D eigenvalue weighted by Gasteiger charge is 2.30. The second-order valence-corrected chi connectivity index (χ2v) is 6.43. The standard InChI is InChI=1S/C18H25F3N4O/c1-12(13-5-3-6-14(11-13)18(19,20)21)24-17(22-2)23-10-4-7-16(26)25-15-8-9-15/h3,5-6,11-12,15H,4,7-10H2,1-2H3,(H,25,26)(H2,22,23,24). The van der Waals surface area contributed by atoms with Gasteiger partial charge >= 0.3 is 6.18 Å². The summed E-state index contributed by atoms with van der Waals surface area (Å²) in [5, 5.41) is 9.06. The molecule has 0 saturated heterocycles. The van der Waals surface area contributed by atoms with Crippen molar-refractivity contribution in [3.63, 3.8) is 0 Å². The maximum atomic E-state index is 12.8. The van der Waals surface area contributed by atoms with E-state index in [-0.39, 0.29) is 11.9 Å². The van der Waals surface area contributed by atoms with Crippen LogP contribution in [0, 0.1) is 0 Å². The zero-order valence-corrected chi connectivity index (χ0v) is 15.0. The fourth-order valence-corrected chi connectivity index (χ4v) is 2.45. The van der Waals surface area contributed by atoms with Crippen molar-refractivity contribution in [3.05, 3.63) is 35.4 Å². The van der Waals surface area contributed by atoms with E-state index in [1.807, 2.05) is 0 Å². The first-order valence-corrected chi connectivity index (χ1v) is 8.73. The summed E-state index contributed by atoms with van der Waals surface area (Å²) in [6, 6.07) is 5.23. The predicted octanol–water partition coefficient (Wildman–Crippen LogP) is 2.99. The number of aliphatic imine (C=N–C) groups is 1. The van der Waals surface area contributed by atoms with Crippen molar-refractivity contribution >= 4 is 11.9 Å². The molecule has 2 rings (SSSR count). The number of carbonyl (C=O) groups is 1. The minimum atomic E-state index is -4.36. The molecule has 26 heavy (non-hydrogen) atoms. The van der Waals surface area contributed by atoms with Crippen LogP contribution in [-0.4, -0.2) is 31.5 Å². The largest absolute Gasteiger partial charge is 0.416 e. The summed E-state index contributed by atoms with van der Waals surface area (Å²) in [7, 11) is 1.59. The van der Waals surface area contributed by atoms with Gasteiger partial charge in [0.25, 0.3) is 0 Å². The molecule has 1 aliphatic rings. The van der Waals surface area contributed by atoms with Crippen LogP contribution in [0.5, 0.6) is 0 Å². The smallest absolute Gasteiger partial charge is 0.356 e. The van der Waals surface area contributed by atoms with Crippen molar-refractivity contribution in [2.45, 2.75) is 50.9 Å². The zero-order valence-electron chi connectivity index (χ0n) is 15.0.